The Balaban J connectivity index is 1.91. The van der Waals surface area contributed by atoms with Crippen molar-refractivity contribution < 1.29 is 9.53 Å². The average molecular weight is 267 g/mol. The highest BCUT2D eigenvalue weighted by molar-refractivity contribution is 7.99. The predicted octanol–water partition coefficient (Wildman–Crippen LogP) is 1.92. The first-order chi connectivity index (χ1) is 8.54. The maximum Gasteiger partial charge on any atom is 0.306 e. The van der Waals surface area contributed by atoms with E-state index in [1.54, 1.807) is 11.8 Å². The normalized spacial score (nSPS) is 16.4. The van der Waals surface area contributed by atoms with Crippen molar-refractivity contribution in [3.8, 4) is 0 Å². The Morgan fingerprint density at radius 2 is 2.06 bits per heavy atom. The van der Waals surface area contributed by atoms with Crippen molar-refractivity contribution in [2.45, 2.75) is 38.3 Å². The molecule has 1 fully saturated rings. The molecule has 0 saturated heterocycles. The van der Waals surface area contributed by atoms with E-state index in [0.717, 1.165) is 30.0 Å². The number of hydrogen-bond acceptors (Lipinski definition) is 6. The number of aryl methyl sites for hydroxylation is 2. The van der Waals surface area contributed by atoms with Crippen LogP contribution in [0.5, 0.6) is 0 Å². The molecule has 1 heterocycles. The molecule has 0 atom stereocenters. The minimum Gasteiger partial charge on any atom is -0.469 e. The molecule has 1 aromatic rings. The number of rotatable bonds is 5. The van der Waals surface area contributed by atoms with Crippen LogP contribution in [0.2, 0.25) is 0 Å². The fraction of sp³-hybridized carbons (Fsp3) is 0.667. The minimum absolute atomic E-state index is 0.0971. The van der Waals surface area contributed by atoms with Crippen molar-refractivity contribution in [1.82, 2.24) is 15.2 Å². The molecular formula is C12H17N3O2S. The Morgan fingerprint density at radius 3 is 2.61 bits per heavy atom. The van der Waals surface area contributed by atoms with Gasteiger partial charge in [0.25, 0.3) is 0 Å². The van der Waals surface area contributed by atoms with Crippen LogP contribution >= 0.6 is 11.8 Å². The molecular weight excluding hydrogens is 250 g/mol. The molecule has 1 aliphatic carbocycles. The highest BCUT2D eigenvalue weighted by atomic mass is 32.2. The van der Waals surface area contributed by atoms with Gasteiger partial charge in [0.05, 0.1) is 24.9 Å². The van der Waals surface area contributed by atoms with Gasteiger partial charge in [-0.1, -0.05) is 11.8 Å². The van der Waals surface area contributed by atoms with Gasteiger partial charge in [-0.05, 0) is 32.1 Å². The van der Waals surface area contributed by atoms with Gasteiger partial charge in [0.1, 0.15) is 0 Å². The molecule has 1 aromatic heterocycles. The van der Waals surface area contributed by atoms with Crippen molar-refractivity contribution in [1.29, 1.82) is 0 Å². The van der Waals surface area contributed by atoms with Crippen LogP contribution in [0, 0.1) is 19.3 Å². The minimum atomic E-state index is -0.132. The summed E-state index contributed by atoms with van der Waals surface area (Å²) in [5, 5.41) is 8.80. The molecule has 0 radical (unpaired) electrons. The number of esters is 1. The third kappa shape index (κ3) is 3.19. The molecule has 1 saturated carbocycles. The number of methoxy groups -OCH3 is 1. The van der Waals surface area contributed by atoms with Crippen LogP contribution in [-0.2, 0) is 9.53 Å². The average Bonchev–Trinajstić information content (AvgIpc) is 3.11. The molecule has 98 valence electrons. The van der Waals surface area contributed by atoms with Crippen LogP contribution in [0.3, 0.4) is 0 Å². The molecule has 0 bridgehead atoms. The van der Waals surface area contributed by atoms with E-state index in [4.69, 9.17) is 4.74 Å². The van der Waals surface area contributed by atoms with Gasteiger partial charge in [-0.3, -0.25) is 4.79 Å². The Bertz CT molecular complexity index is 461. The summed E-state index contributed by atoms with van der Waals surface area (Å²) in [5.74, 6) is 0.721. The molecule has 1 aliphatic rings. The fourth-order valence-corrected chi connectivity index (χ4v) is 2.77. The smallest absolute Gasteiger partial charge is 0.306 e. The van der Waals surface area contributed by atoms with Crippen molar-refractivity contribution in [3.05, 3.63) is 11.4 Å². The zero-order valence-corrected chi connectivity index (χ0v) is 11.7. The van der Waals surface area contributed by atoms with E-state index in [1.165, 1.54) is 7.11 Å². The molecule has 0 N–H and O–H groups in total. The molecule has 0 aromatic carbocycles. The number of hydrogen-bond donors (Lipinski definition) is 0. The first kappa shape index (κ1) is 13.3. The first-order valence-electron chi connectivity index (χ1n) is 5.92. The lowest BCUT2D eigenvalue weighted by atomic mass is 10.1. The van der Waals surface area contributed by atoms with Gasteiger partial charge in [-0.25, -0.2) is 4.98 Å². The summed E-state index contributed by atoms with van der Waals surface area (Å²) < 4.78 is 4.72. The lowest BCUT2D eigenvalue weighted by Crippen LogP contribution is -2.13. The van der Waals surface area contributed by atoms with Crippen molar-refractivity contribution >= 4 is 17.7 Å². The zero-order chi connectivity index (χ0) is 13.2. The number of carbonyl (C=O) groups excluding carboxylic acids is 1. The number of nitrogens with zero attached hydrogens (tertiary/aromatic N) is 3. The van der Waals surface area contributed by atoms with Crippen molar-refractivity contribution in [2.75, 3.05) is 12.9 Å². The van der Waals surface area contributed by atoms with E-state index in [-0.39, 0.29) is 11.4 Å². The third-order valence-corrected chi connectivity index (χ3v) is 4.47. The number of aromatic nitrogens is 3. The summed E-state index contributed by atoms with van der Waals surface area (Å²) in [6, 6.07) is 0. The second-order valence-electron chi connectivity index (χ2n) is 4.81. The van der Waals surface area contributed by atoms with Crippen LogP contribution in [0.4, 0.5) is 0 Å². The largest absolute Gasteiger partial charge is 0.469 e. The Hall–Kier alpha value is -1.17. The van der Waals surface area contributed by atoms with Gasteiger partial charge in [0, 0.05) is 5.75 Å². The van der Waals surface area contributed by atoms with Crippen molar-refractivity contribution in [2.24, 2.45) is 5.41 Å². The summed E-state index contributed by atoms with van der Waals surface area (Å²) in [4.78, 5) is 15.7. The van der Waals surface area contributed by atoms with Gasteiger partial charge in [0.2, 0.25) is 5.16 Å². The van der Waals surface area contributed by atoms with E-state index in [1.807, 2.05) is 13.8 Å². The van der Waals surface area contributed by atoms with Gasteiger partial charge in [-0.2, -0.15) is 5.10 Å². The second-order valence-corrected chi connectivity index (χ2v) is 5.75. The highest BCUT2D eigenvalue weighted by Crippen LogP contribution is 2.51. The molecule has 0 spiro atoms. The maximum atomic E-state index is 11.3. The van der Waals surface area contributed by atoms with Gasteiger partial charge >= 0.3 is 5.97 Å². The summed E-state index contributed by atoms with van der Waals surface area (Å²) >= 11 is 1.57. The Morgan fingerprint density at radius 1 is 1.33 bits per heavy atom. The molecule has 0 aliphatic heterocycles. The lowest BCUT2D eigenvalue weighted by Gasteiger charge is -2.12. The van der Waals surface area contributed by atoms with E-state index in [2.05, 4.69) is 15.2 Å². The van der Waals surface area contributed by atoms with E-state index >= 15 is 0 Å². The van der Waals surface area contributed by atoms with Crippen LogP contribution in [0.1, 0.15) is 30.7 Å². The van der Waals surface area contributed by atoms with Crippen LogP contribution in [-0.4, -0.2) is 34.0 Å². The third-order valence-electron chi connectivity index (χ3n) is 3.28. The first-order valence-corrected chi connectivity index (χ1v) is 6.91. The Labute approximate surface area is 111 Å². The zero-order valence-electron chi connectivity index (χ0n) is 10.9. The molecule has 0 amide bonds. The van der Waals surface area contributed by atoms with Crippen molar-refractivity contribution in [3.63, 3.8) is 0 Å². The molecule has 18 heavy (non-hydrogen) atoms. The van der Waals surface area contributed by atoms with Gasteiger partial charge in [-0.15, -0.1) is 5.10 Å². The summed E-state index contributed by atoms with van der Waals surface area (Å²) in [7, 11) is 1.43. The quantitative estimate of drug-likeness (QED) is 0.600. The topological polar surface area (TPSA) is 65.0 Å². The predicted molar refractivity (Wildman–Crippen MR) is 68.3 cm³/mol. The van der Waals surface area contributed by atoms with Crippen LogP contribution < -0.4 is 0 Å². The molecule has 0 unspecified atom stereocenters. The van der Waals surface area contributed by atoms with E-state index in [9.17, 15) is 4.79 Å². The molecule has 6 heteroatoms. The standard InChI is InChI=1S/C12H17N3O2S/c1-8-9(2)14-15-11(13-8)18-7-12(4-5-12)6-10(16)17-3/h4-7H2,1-3H3. The fourth-order valence-electron chi connectivity index (χ4n) is 1.64. The molecule has 2 rings (SSSR count). The van der Waals surface area contributed by atoms with Crippen LogP contribution in [0.25, 0.3) is 0 Å². The highest BCUT2D eigenvalue weighted by Gasteiger charge is 2.44. The second kappa shape index (κ2) is 5.22. The van der Waals surface area contributed by atoms with E-state index < -0.39 is 0 Å². The lowest BCUT2D eigenvalue weighted by molar-refractivity contribution is -0.141. The maximum absolute atomic E-state index is 11.3. The SMILES string of the molecule is COC(=O)CC1(CSc2nnc(C)c(C)n2)CC1. The monoisotopic (exact) mass is 267 g/mol. The summed E-state index contributed by atoms with van der Waals surface area (Å²) in [6.45, 7) is 3.82. The number of ether oxygens (including phenoxy) is 1. The number of carbonyl (C=O) groups is 1. The summed E-state index contributed by atoms with van der Waals surface area (Å²) in [5.41, 5.74) is 1.86. The Kier molecular flexibility index (Phi) is 3.85. The molecule has 5 nitrogen and oxygen atoms in total. The number of thioether (sulfide) groups is 1. The van der Waals surface area contributed by atoms with Crippen LogP contribution in [0.15, 0.2) is 5.16 Å². The summed E-state index contributed by atoms with van der Waals surface area (Å²) in [6.07, 6.45) is 2.65. The van der Waals surface area contributed by atoms with E-state index in [0.29, 0.717) is 11.6 Å². The van der Waals surface area contributed by atoms with Gasteiger partial charge in [0.15, 0.2) is 0 Å². The van der Waals surface area contributed by atoms with Gasteiger partial charge < -0.3 is 4.74 Å².